The maximum atomic E-state index is 12.0. The molecule has 0 radical (unpaired) electrons. The molecule has 0 aliphatic carbocycles. The van der Waals surface area contributed by atoms with Crippen LogP contribution in [0.2, 0.25) is 0 Å². The molecule has 96 valence electrons. The lowest BCUT2D eigenvalue weighted by Crippen LogP contribution is -2.49. The van der Waals surface area contributed by atoms with Gasteiger partial charge in [-0.1, -0.05) is 0 Å². The molecular formula is C10H18N4O2S. The van der Waals surface area contributed by atoms with Crippen LogP contribution in [0.5, 0.6) is 0 Å². The Hall–Kier alpha value is -0.920. The van der Waals surface area contributed by atoms with Crippen LogP contribution in [0.15, 0.2) is 12.4 Å². The molecule has 1 atom stereocenters. The van der Waals surface area contributed by atoms with E-state index in [0.717, 1.165) is 5.82 Å². The molecule has 1 unspecified atom stereocenters. The first-order chi connectivity index (χ1) is 8.06. The van der Waals surface area contributed by atoms with Gasteiger partial charge in [-0.15, -0.1) is 0 Å². The van der Waals surface area contributed by atoms with E-state index in [2.05, 4.69) is 10.3 Å². The molecule has 7 heteroatoms. The van der Waals surface area contributed by atoms with Gasteiger partial charge in [0, 0.05) is 39.1 Å². The van der Waals surface area contributed by atoms with E-state index in [9.17, 15) is 8.42 Å². The Morgan fingerprint density at radius 3 is 2.94 bits per heavy atom. The Balaban J connectivity index is 2.34. The van der Waals surface area contributed by atoms with E-state index in [1.165, 1.54) is 0 Å². The van der Waals surface area contributed by atoms with Gasteiger partial charge in [-0.25, -0.2) is 13.4 Å². The molecule has 17 heavy (non-hydrogen) atoms. The van der Waals surface area contributed by atoms with Crippen molar-refractivity contribution in [1.29, 1.82) is 0 Å². The number of nitrogens with one attached hydrogen (secondary N) is 1. The average molecular weight is 258 g/mol. The van der Waals surface area contributed by atoms with Crippen LogP contribution in [-0.2, 0) is 17.1 Å². The van der Waals surface area contributed by atoms with Crippen molar-refractivity contribution in [2.24, 2.45) is 7.05 Å². The summed E-state index contributed by atoms with van der Waals surface area (Å²) >= 11 is 0. The Morgan fingerprint density at radius 1 is 1.59 bits per heavy atom. The number of rotatable bonds is 3. The molecule has 0 aromatic carbocycles. The molecule has 1 aliphatic rings. The van der Waals surface area contributed by atoms with Gasteiger partial charge in [-0.2, -0.15) is 4.31 Å². The SMILES string of the molecule is CCS(=O)(=O)N1CCNCC1c1nccn1C. The second-order valence-electron chi connectivity index (χ2n) is 4.13. The lowest BCUT2D eigenvalue weighted by atomic mass is 10.2. The molecule has 0 saturated carbocycles. The standard InChI is InChI=1S/C10H18N4O2S/c1-3-17(15,16)14-7-4-11-8-9(14)10-12-5-6-13(10)2/h5-6,9,11H,3-4,7-8H2,1-2H3. The normalized spacial score (nSPS) is 22.8. The minimum Gasteiger partial charge on any atom is -0.337 e. The van der Waals surface area contributed by atoms with E-state index in [4.69, 9.17) is 0 Å². The van der Waals surface area contributed by atoms with Crippen molar-refractivity contribution < 1.29 is 8.42 Å². The Kier molecular flexibility index (Phi) is 3.50. The first-order valence-corrected chi connectivity index (χ1v) is 7.34. The van der Waals surface area contributed by atoms with Crippen molar-refractivity contribution in [2.45, 2.75) is 13.0 Å². The number of aryl methyl sites for hydroxylation is 1. The minimum absolute atomic E-state index is 0.133. The van der Waals surface area contributed by atoms with Crippen LogP contribution in [-0.4, -0.2) is 47.7 Å². The van der Waals surface area contributed by atoms with E-state index >= 15 is 0 Å². The first kappa shape index (κ1) is 12.5. The Morgan fingerprint density at radius 2 is 2.35 bits per heavy atom. The topological polar surface area (TPSA) is 67.2 Å². The van der Waals surface area contributed by atoms with Crippen LogP contribution in [0.25, 0.3) is 0 Å². The van der Waals surface area contributed by atoms with Gasteiger partial charge in [0.25, 0.3) is 0 Å². The van der Waals surface area contributed by atoms with E-state index < -0.39 is 10.0 Å². The van der Waals surface area contributed by atoms with Gasteiger partial charge < -0.3 is 9.88 Å². The zero-order valence-electron chi connectivity index (χ0n) is 10.1. The van der Waals surface area contributed by atoms with Crippen LogP contribution >= 0.6 is 0 Å². The molecule has 6 nitrogen and oxygen atoms in total. The maximum absolute atomic E-state index is 12.0. The lowest BCUT2D eigenvalue weighted by Gasteiger charge is -2.34. The number of hydrogen-bond donors (Lipinski definition) is 1. The van der Waals surface area contributed by atoms with E-state index in [1.807, 2.05) is 17.8 Å². The predicted molar refractivity (Wildman–Crippen MR) is 65.0 cm³/mol. The van der Waals surface area contributed by atoms with Crippen LogP contribution in [0, 0.1) is 0 Å². The largest absolute Gasteiger partial charge is 0.337 e. The van der Waals surface area contributed by atoms with Crippen molar-refractivity contribution in [3.05, 3.63) is 18.2 Å². The van der Waals surface area contributed by atoms with E-state index in [1.54, 1.807) is 17.4 Å². The smallest absolute Gasteiger partial charge is 0.214 e. The number of sulfonamides is 1. The molecule has 2 heterocycles. The summed E-state index contributed by atoms with van der Waals surface area (Å²) in [6.45, 7) is 3.49. The van der Waals surface area contributed by atoms with Gasteiger partial charge in [0.15, 0.2) is 0 Å². The van der Waals surface area contributed by atoms with Crippen molar-refractivity contribution in [3.8, 4) is 0 Å². The van der Waals surface area contributed by atoms with Crippen molar-refractivity contribution >= 4 is 10.0 Å². The summed E-state index contributed by atoms with van der Waals surface area (Å²) in [4.78, 5) is 4.25. The maximum Gasteiger partial charge on any atom is 0.214 e. The van der Waals surface area contributed by atoms with Gasteiger partial charge in [0.05, 0.1) is 11.8 Å². The molecule has 0 spiro atoms. The summed E-state index contributed by atoms with van der Waals surface area (Å²) in [6.07, 6.45) is 3.53. The van der Waals surface area contributed by atoms with Gasteiger partial charge in [-0.3, -0.25) is 0 Å². The first-order valence-electron chi connectivity index (χ1n) is 5.73. The highest BCUT2D eigenvalue weighted by atomic mass is 32.2. The van der Waals surface area contributed by atoms with Crippen LogP contribution in [0.3, 0.4) is 0 Å². The highest BCUT2D eigenvalue weighted by molar-refractivity contribution is 7.89. The second kappa shape index (κ2) is 4.75. The number of aromatic nitrogens is 2. The number of hydrogen-bond acceptors (Lipinski definition) is 4. The third kappa shape index (κ3) is 2.36. The quantitative estimate of drug-likeness (QED) is 0.809. The van der Waals surface area contributed by atoms with Crippen LogP contribution < -0.4 is 5.32 Å². The van der Waals surface area contributed by atoms with Crippen molar-refractivity contribution in [3.63, 3.8) is 0 Å². The number of imidazole rings is 1. The third-order valence-corrected chi connectivity index (χ3v) is 4.95. The van der Waals surface area contributed by atoms with Gasteiger partial charge in [0.2, 0.25) is 10.0 Å². The van der Waals surface area contributed by atoms with Crippen molar-refractivity contribution in [2.75, 3.05) is 25.4 Å². The molecule has 0 bridgehead atoms. The summed E-state index contributed by atoms with van der Waals surface area (Å²) < 4.78 is 27.5. The molecule has 1 saturated heterocycles. The number of piperazine rings is 1. The molecule has 1 N–H and O–H groups in total. The Bertz CT molecular complexity index is 482. The van der Waals surface area contributed by atoms with Gasteiger partial charge in [-0.05, 0) is 6.92 Å². The molecule has 1 fully saturated rings. The lowest BCUT2D eigenvalue weighted by molar-refractivity contribution is 0.259. The summed E-state index contributed by atoms with van der Waals surface area (Å²) in [5, 5.41) is 3.22. The molecule has 1 aromatic rings. The minimum atomic E-state index is -3.17. The molecule has 2 rings (SSSR count). The zero-order valence-corrected chi connectivity index (χ0v) is 10.9. The molecular weight excluding hydrogens is 240 g/mol. The zero-order chi connectivity index (χ0) is 12.5. The second-order valence-corrected chi connectivity index (χ2v) is 6.34. The Labute approximate surface area is 102 Å². The van der Waals surface area contributed by atoms with Gasteiger partial charge >= 0.3 is 0 Å². The summed E-state index contributed by atoms with van der Waals surface area (Å²) in [6, 6.07) is -0.200. The molecule has 0 amide bonds. The van der Waals surface area contributed by atoms with E-state index in [0.29, 0.717) is 19.6 Å². The van der Waals surface area contributed by atoms with Gasteiger partial charge in [0.1, 0.15) is 5.82 Å². The highest BCUT2D eigenvalue weighted by Crippen LogP contribution is 2.23. The average Bonchev–Trinajstić information content (AvgIpc) is 2.75. The fourth-order valence-corrected chi connectivity index (χ4v) is 3.36. The number of nitrogens with zero attached hydrogens (tertiary/aromatic N) is 3. The molecule has 1 aliphatic heterocycles. The fraction of sp³-hybridized carbons (Fsp3) is 0.700. The highest BCUT2D eigenvalue weighted by Gasteiger charge is 2.34. The van der Waals surface area contributed by atoms with Crippen LogP contribution in [0.1, 0.15) is 18.8 Å². The van der Waals surface area contributed by atoms with Crippen LogP contribution in [0.4, 0.5) is 0 Å². The third-order valence-electron chi connectivity index (χ3n) is 3.07. The monoisotopic (exact) mass is 258 g/mol. The van der Waals surface area contributed by atoms with Crippen molar-refractivity contribution in [1.82, 2.24) is 19.2 Å². The fourth-order valence-electron chi connectivity index (χ4n) is 2.10. The molecule has 1 aromatic heterocycles. The predicted octanol–water partition coefficient (Wildman–Crippen LogP) is -0.284. The summed E-state index contributed by atoms with van der Waals surface area (Å²) in [7, 11) is -1.29. The summed E-state index contributed by atoms with van der Waals surface area (Å²) in [5.74, 6) is 0.919. The summed E-state index contributed by atoms with van der Waals surface area (Å²) in [5.41, 5.74) is 0. The van der Waals surface area contributed by atoms with E-state index in [-0.39, 0.29) is 11.8 Å².